The summed E-state index contributed by atoms with van der Waals surface area (Å²) in [5, 5.41) is 3.01. The molecule has 1 fully saturated rings. The summed E-state index contributed by atoms with van der Waals surface area (Å²) in [5.41, 5.74) is 0. The van der Waals surface area contributed by atoms with E-state index in [1.54, 1.807) is 0 Å². The molecule has 1 aliphatic carbocycles. The van der Waals surface area contributed by atoms with Crippen molar-refractivity contribution in [3.8, 4) is 0 Å². The van der Waals surface area contributed by atoms with Crippen LogP contribution in [0.1, 0.15) is 46.5 Å². The Morgan fingerprint density at radius 3 is 2.76 bits per heavy atom. The molecular formula is C13H22N2O2. The lowest BCUT2D eigenvalue weighted by Crippen LogP contribution is -2.42. The van der Waals surface area contributed by atoms with Gasteiger partial charge in [0.25, 0.3) is 5.91 Å². The Labute approximate surface area is 103 Å². The second-order valence-corrected chi connectivity index (χ2v) is 5.30. The summed E-state index contributed by atoms with van der Waals surface area (Å²) in [6.45, 7) is 6.20. The highest BCUT2D eigenvalue weighted by molar-refractivity contribution is 5.89. The maximum Gasteiger partial charge on any atom is 0.263 e. The standard InChI is InChI=1S/C13H22N2O2/c1-4-5-10-11(12(16)14-9-6-7-9)17-13(15-10)8(2)3/h8-11H,4-7H2,1-3H3,(H,14,16). The van der Waals surface area contributed by atoms with Crippen LogP contribution in [0.15, 0.2) is 4.99 Å². The van der Waals surface area contributed by atoms with Gasteiger partial charge in [0.1, 0.15) is 0 Å². The van der Waals surface area contributed by atoms with E-state index in [0.29, 0.717) is 6.04 Å². The molecule has 0 spiro atoms. The zero-order valence-electron chi connectivity index (χ0n) is 10.9. The molecule has 0 aromatic rings. The van der Waals surface area contributed by atoms with Crippen LogP contribution in [0.25, 0.3) is 0 Å². The molecule has 0 bridgehead atoms. The van der Waals surface area contributed by atoms with Crippen LogP contribution in [-0.4, -0.2) is 30.0 Å². The minimum atomic E-state index is -0.395. The number of amides is 1. The van der Waals surface area contributed by atoms with Gasteiger partial charge < -0.3 is 10.1 Å². The molecule has 2 atom stereocenters. The second kappa shape index (κ2) is 5.07. The van der Waals surface area contributed by atoms with Crippen LogP contribution in [0.3, 0.4) is 0 Å². The third kappa shape index (κ3) is 2.99. The van der Waals surface area contributed by atoms with Crippen LogP contribution in [-0.2, 0) is 9.53 Å². The van der Waals surface area contributed by atoms with Gasteiger partial charge in [0.05, 0.1) is 6.04 Å². The van der Waals surface area contributed by atoms with Gasteiger partial charge in [-0.05, 0) is 19.3 Å². The second-order valence-electron chi connectivity index (χ2n) is 5.30. The average molecular weight is 238 g/mol. The van der Waals surface area contributed by atoms with Gasteiger partial charge in [-0.2, -0.15) is 0 Å². The first-order valence-corrected chi connectivity index (χ1v) is 6.66. The van der Waals surface area contributed by atoms with E-state index in [1.165, 1.54) is 0 Å². The van der Waals surface area contributed by atoms with Crippen LogP contribution in [0, 0.1) is 5.92 Å². The van der Waals surface area contributed by atoms with Crippen LogP contribution in [0.5, 0.6) is 0 Å². The molecule has 17 heavy (non-hydrogen) atoms. The number of nitrogens with zero attached hydrogens (tertiary/aromatic N) is 1. The fourth-order valence-corrected chi connectivity index (χ4v) is 2.01. The summed E-state index contributed by atoms with van der Waals surface area (Å²) in [4.78, 5) is 16.6. The van der Waals surface area contributed by atoms with E-state index >= 15 is 0 Å². The highest BCUT2D eigenvalue weighted by Crippen LogP contribution is 2.24. The van der Waals surface area contributed by atoms with Crippen molar-refractivity contribution in [1.82, 2.24) is 5.32 Å². The minimum absolute atomic E-state index is 0.0103. The van der Waals surface area contributed by atoms with E-state index in [9.17, 15) is 4.79 Å². The Kier molecular flexibility index (Phi) is 3.69. The number of carbonyl (C=O) groups excluding carboxylic acids is 1. The average Bonchev–Trinajstić information content (AvgIpc) is 2.96. The fourth-order valence-electron chi connectivity index (χ4n) is 2.01. The quantitative estimate of drug-likeness (QED) is 0.795. The van der Waals surface area contributed by atoms with Crippen LogP contribution >= 0.6 is 0 Å². The number of ether oxygens (including phenoxy) is 1. The molecule has 1 aliphatic heterocycles. The van der Waals surface area contributed by atoms with Gasteiger partial charge in [0, 0.05) is 12.0 Å². The molecular weight excluding hydrogens is 216 g/mol. The van der Waals surface area contributed by atoms with Gasteiger partial charge in [-0.1, -0.05) is 27.2 Å². The van der Waals surface area contributed by atoms with Crippen molar-refractivity contribution in [2.45, 2.75) is 64.6 Å². The van der Waals surface area contributed by atoms with Gasteiger partial charge in [0.15, 0.2) is 5.90 Å². The van der Waals surface area contributed by atoms with E-state index in [2.05, 4.69) is 17.2 Å². The summed E-state index contributed by atoms with van der Waals surface area (Å²) in [5.74, 6) is 1.01. The zero-order valence-corrected chi connectivity index (χ0v) is 10.9. The van der Waals surface area contributed by atoms with Gasteiger partial charge in [-0.15, -0.1) is 0 Å². The fraction of sp³-hybridized carbons (Fsp3) is 0.846. The molecule has 2 unspecified atom stereocenters. The number of carbonyl (C=O) groups is 1. The van der Waals surface area contributed by atoms with E-state index in [4.69, 9.17) is 4.74 Å². The zero-order chi connectivity index (χ0) is 12.4. The van der Waals surface area contributed by atoms with Gasteiger partial charge >= 0.3 is 0 Å². The molecule has 0 aromatic heterocycles. The summed E-state index contributed by atoms with van der Waals surface area (Å²) < 4.78 is 5.72. The van der Waals surface area contributed by atoms with Crippen molar-refractivity contribution >= 4 is 11.8 Å². The number of aliphatic imine (C=N–C) groups is 1. The molecule has 2 aliphatic rings. The maximum absolute atomic E-state index is 12.0. The lowest BCUT2D eigenvalue weighted by Gasteiger charge is -2.17. The lowest BCUT2D eigenvalue weighted by atomic mass is 10.1. The predicted octanol–water partition coefficient (Wildman–Crippen LogP) is 1.89. The van der Waals surface area contributed by atoms with Crippen molar-refractivity contribution in [2.75, 3.05) is 0 Å². The number of rotatable bonds is 5. The van der Waals surface area contributed by atoms with E-state index in [0.717, 1.165) is 31.6 Å². The molecule has 96 valence electrons. The van der Waals surface area contributed by atoms with E-state index in [1.807, 2.05) is 13.8 Å². The Bertz CT molecular complexity index is 321. The molecule has 1 N–H and O–H groups in total. The summed E-state index contributed by atoms with van der Waals surface area (Å²) in [6.07, 6.45) is 3.76. The monoisotopic (exact) mass is 238 g/mol. The highest BCUT2D eigenvalue weighted by atomic mass is 16.5. The molecule has 1 heterocycles. The van der Waals surface area contributed by atoms with Gasteiger partial charge in [-0.3, -0.25) is 4.79 Å². The number of hydrogen-bond donors (Lipinski definition) is 1. The van der Waals surface area contributed by atoms with Crippen LogP contribution in [0.4, 0.5) is 0 Å². The summed E-state index contributed by atoms with van der Waals surface area (Å²) in [7, 11) is 0. The molecule has 0 aromatic carbocycles. The lowest BCUT2D eigenvalue weighted by molar-refractivity contribution is -0.128. The normalized spacial score (nSPS) is 27.9. The largest absolute Gasteiger partial charge is 0.465 e. The van der Waals surface area contributed by atoms with Crippen molar-refractivity contribution in [1.29, 1.82) is 0 Å². The van der Waals surface area contributed by atoms with Crippen molar-refractivity contribution in [3.63, 3.8) is 0 Å². The third-order valence-electron chi connectivity index (χ3n) is 3.15. The molecule has 1 amide bonds. The molecule has 4 nitrogen and oxygen atoms in total. The first kappa shape index (κ1) is 12.4. The predicted molar refractivity (Wildman–Crippen MR) is 67.0 cm³/mol. The molecule has 2 rings (SSSR count). The first-order valence-electron chi connectivity index (χ1n) is 6.66. The van der Waals surface area contributed by atoms with Crippen molar-refractivity contribution < 1.29 is 9.53 Å². The molecule has 1 saturated carbocycles. The SMILES string of the molecule is CCCC1N=C(C(C)C)OC1C(=O)NC1CC1. The smallest absolute Gasteiger partial charge is 0.263 e. The molecule has 4 heteroatoms. The van der Waals surface area contributed by atoms with Crippen molar-refractivity contribution in [2.24, 2.45) is 10.9 Å². The minimum Gasteiger partial charge on any atom is -0.465 e. The van der Waals surface area contributed by atoms with Gasteiger partial charge in [0.2, 0.25) is 6.10 Å². The van der Waals surface area contributed by atoms with E-state index in [-0.39, 0.29) is 17.9 Å². The number of nitrogens with one attached hydrogen (secondary N) is 1. The number of hydrogen-bond acceptors (Lipinski definition) is 3. The molecule has 0 saturated heterocycles. The Morgan fingerprint density at radius 2 is 2.24 bits per heavy atom. The van der Waals surface area contributed by atoms with E-state index < -0.39 is 6.10 Å². The first-order chi connectivity index (χ1) is 8.11. The third-order valence-corrected chi connectivity index (χ3v) is 3.15. The Morgan fingerprint density at radius 1 is 1.53 bits per heavy atom. The Balaban J connectivity index is 1.98. The Hall–Kier alpha value is -1.06. The highest BCUT2D eigenvalue weighted by Gasteiger charge is 2.38. The van der Waals surface area contributed by atoms with Crippen LogP contribution in [0.2, 0.25) is 0 Å². The molecule has 0 radical (unpaired) electrons. The van der Waals surface area contributed by atoms with Crippen molar-refractivity contribution in [3.05, 3.63) is 0 Å². The van der Waals surface area contributed by atoms with Gasteiger partial charge in [-0.25, -0.2) is 4.99 Å². The van der Waals surface area contributed by atoms with Crippen LogP contribution < -0.4 is 5.32 Å². The topological polar surface area (TPSA) is 50.7 Å². The maximum atomic E-state index is 12.0. The summed E-state index contributed by atoms with van der Waals surface area (Å²) >= 11 is 0. The summed E-state index contributed by atoms with van der Waals surface area (Å²) in [6, 6.07) is 0.396.